The Bertz CT molecular complexity index is 757. The zero-order valence-electron chi connectivity index (χ0n) is 15.7. The second-order valence-electron chi connectivity index (χ2n) is 7.19. The molecule has 0 amide bonds. The maximum Gasteiger partial charge on any atom is 0.229 e. The Morgan fingerprint density at radius 2 is 1.85 bits per heavy atom. The predicted molar refractivity (Wildman–Crippen MR) is 113 cm³/mol. The molecule has 1 saturated carbocycles. The smallest absolute Gasteiger partial charge is 0.229 e. The highest BCUT2D eigenvalue weighted by atomic mass is 79.9. The van der Waals surface area contributed by atoms with Crippen molar-refractivity contribution in [3.63, 3.8) is 0 Å². The number of rotatable bonds is 5. The molecule has 0 atom stereocenters. The molecule has 1 N–H and O–H groups in total. The first-order valence-corrected chi connectivity index (χ1v) is 10.4. The van der Waals surface area contributed by atoms with Gasteiger partial charge in [0.2, 0.25) is 5.95 Å². The molecule has 0 unspecified atom stereocenters. The molecular weight excluding hydrogens is 406 g/mol. The third-order valence-corrected chi connectivity index (χ3v) is 5.99. The fourth-order valence-electron chi connectivity index (χ4n) is 3.84. The van der Waals surface area contributed by atoms with E-state index in [1.54, 1.807) is 0 Å². The number of anilines is 4. The Hall–Kier alpha value is -1.86. The molecule has 27 heavy (non-hydrogen) atoms. The van der Waals surface area contributed by atoms with Crippen LogP contribution >= 0.6 is 15.9 Å². The lowest BCUT2D eigenvalue weighted by atomic mass is 10.2. The van der Waals surface area contributed by atoms with Gasteiger partial charge in [-0.05, 0) is 53.0 Å². The van der Waals surface area contributed by atoms with Crippen LogP contribution in [0.4, 0.5) is 23.1 Å². The van der Waals surface area contributed by atoms with E-state index in [9.17, 15) is 0 Å². The van der Waals surface area contributed by atoms with E-state index in [0.717, 1.165) is 42.3 Å². The molecule has 0 radical (unpaired) electrons. The molecule has 1 aromatic heterocycles. The lowest BCUT2D eigenvalue weighted by Gasteiger charge is -2.29. The maximum absolute atomic E-state index is 5.42. The zero-order chi connectivity index (χ0) is 18.6. The summed E-state index contributed by atoms with van der Waals surface area (Å²) in [5.74, 6) is 1.57. The first-order valence-electron chi connectivity index (χ1n) is 9.66. The maximum atomic E-state index is 5.42. The Labute approximate surface area is 169 Å². The van der Waals surface area contributed by atoms with Crippen molar-refractivity contribution < 1.29 is 4.74 Å². The molecule has 144 valence electrons. The third kappa shape index (κ3) is 4.35. The average Bonchev–Trinajstić information content (AvgIpc) is 3.25. The molecule has 2 fully saturated rings. The van der Waals surface area contributed by atoms with E-state index in [1.165, 1.54) is 31.4 Å². The molecule has 2 heterocycles. The number of ether oxygens (including phenoxy) is 1. The number of benzene rings is 1. The summed E-state index contributed by atoms with van der Waals surface area (Å²) >= 11 is 3.61. The predicted octanol–water partition coefficient (Wildman–Crippen LogP) is 4.20. The van der Waals surface area contributed by atoms with Gasteiger partial charge in [0.25, 0.3) is 0 Å². The number of aromatic nitrogens is 2. The molecule has 7 heteroatoms. The van der Waals surface area contributed by atoms with Gasteiger partial charge in [-0.1, -0.05) is 12.8 Å². The molecule has 0 bridgehead atoms. The minimum atomic E-state index is 0.567. The van der Waals surface area contributed by atoms with Gasteiger partial charge in [-0.15, -0.1) is 0 Å². The largest absolute Gasteiger partial charge is 0.378 e. The Morgan fingerprint density at radius 3 is 2.56 bits per heavy atom. The molecule has 1 aliphatic carbocycles. The second kappa shape index (κ2) is 8.44. The van der Waals surface area contributed by atoms with E-state index in [4.69, 9.17) is 9.72 Å². The lowest BCUT2D eigenvalue weighted by Crippen LogP contribution is -2.36. The SMILES string of the molecule is CN(c1nc(Nc2ccc(N3CCOCC3)cc2)ncc1Br)C1CCCC1. The average molecular weight is 432 g/mol. The van der Waals surface area contributed by atoms with Gasteiger partial charge in [0, 0.05) is 43.8 Å². The molecule has 0 spiro atoms. The van der Waals surface area contributed by atoms with Crippen LogP contribution in [0.3, 0.4) is 0 Å². The summed E-state index contributed by atoms with van der Waals surface area (Å²) in [5, 5.41) is 3.33. The fraction of sp³-hybridized carbons (Fsp3) is 0.500. The topological polar surface area (TPSA) is 53.5 Å². The summed E-state index contributed by atoms with van der Waals surface area (Å²) in [6, 6.07) is 9.00. The van der Waals surface area contributed by atoms with Crippen molar-refractivity contribution >= 4 is 39.1 Å². The first kappa shape index (κ1) is 18.5. The van der Waals surface area contributed by atoms with Gasteiger partial charge in [0.1, 0.15) is 5.82 Å². The lowest BCUT2D eigenvalue weighted by molar-refractivity contribution is 0.122. The molecular formula is C20H26BrN5O. The molecule has 1 aliphatic heterocycles. The van der Waals surface area contributed by atoms with Crippen LogP contribution in [0.25, 0.3) is 0 Å². The number of nitrogens with zero attached hydrogens (tertiary/aromatic N) is 4. The minimum Gasteiger partial charge on any atom is -0.378 e. The quantitative estimate of drug-likeness (QED) is 0.765. The summed E-state index contributed by atoms with van der Waals surface area (Å²) in [5.41, 5.74) is 2.21. The van der Waals surface area contributed by atoms with Crippen molar-refractivity contribution in [2.75, 3.05) is 48.5 Å². The summed E-state index contributed by atoms with van der Waals surface area (Å²) in [7, 11) is 2.13. The van der Waals surface area contributed by atoms with Gasteiger partial charge in [0.05, 0.1) is 17.7 Å². The van der Waals surface area contributed by atoms with Crippen LogP contribution < -0.4 is 15.1 Å². The van der Waals surface area contributed by atoms with Crippen LogP contribution in [0, 0.1) is 0 Å². The van der Waals surface area contributed by atoms with Gasteiger partial charge in [-0.25, -0.2) is 4.98 Å². The van der Waals surface area contributed by atoms with Crippen molar-refractivity contribution in [1.29, 1.82) is 0 Å². The fourth-order valence-corrected chi connectivity index (χ4v) is 4.31. The minimum absolute atomic E-state index is 0.567. The highest BCUT2D eigenvalue weighted by Gasteiger charge is 2.22. The van der Waals surface area contributed by atoms with Crippen LogP contribution in [0.5, 0.6) is 0 Å². The standard InChI is InChI=1S/C20H26BrN5O/c1-25(16-4-2-3-5-16)19-18(21)14-22-20(24-19)23-15-6-8-17(9-7-15)26-10-12-27-13-11-26/h6-9,14,16H,2-5,10-13H2,1H3,(H,22,23,24). The van der Waals surface area contributed by atoms with E-state index in [-0.39, 0.29) is 0 Å². The van der Waals surface area contributed by atoms with Gasteiger partial charge in [0.15, 0.2) is 0 Å². The van der Waals surface area contributed by atoms with Crippen LogP contribution in [0.15, 0.2) is 34.9 Å². The Kier molecular flexibility index (Phi) is 5.78. The monoisotopic (exact) mass is 431 g/mol. The van der Waals surface area contributed by atoms with E-state index in [0.29, 0.717) is 12.0 Å². The highest BCUT2D eigenvalue weighted by Crippen LogP contribution is 2.31. The van der Waals surface area contributed by atoms with Crippen molar-refractivity contribution in [2.45, 2.75) is 31.7 Å². The summed E-state index contributed by atoms with van der Waals surface area (Å²) in [4.78, 5) is 13.8. The molecule has 6 nitrogen and oxygen atoms in total. The van der Waals surface area contributed by atoms with Gasteiger partial charge in [-0.3, -0.25) is 0 Å². The summed E-state index contributed by atoms with van der Waals surface area (Å²) in [6.07, 6.45) is 6.91. The van der Waals surface area contributed by atoms with Gasteiger partial charge >= 0.3 is 0 Å². The normalized spacial score (nSPS) is 17.9. The van der Waals surface area contributed by atoms with Crippen LogP contribution in [-0.4, -0.2) is 49.4 Å². The van der Waals surface area contributed by atoms with Crippen LogP contribution in [0.2, 0.25) is 0 Å². The highest BCUT2D eigenvalue weighted by molar-refractivity contribution is 9.10. The Morgan fingerprint density at radius 1 is 1.15 bits per heavy atom. The third-order valence-electron chi connectivity index (χ3n) is 5.43. The van der Waals surface area contributed by atoms with Crippen molar-refractivity contribution in [3.05, 3.63) is 34.9 Å². The number of morpholine rings is 1. The van der Waals surface area contributed by atoms with Crippen molar-refractivity contribution in [1.82, 2.24) is 9.97 Å². The number of hydrogen-bond acceptors (Lipinski definition) is 6. The number of nitrogens with one attached hydrogen (secondary N) is 1. The molecule has 1 saturated heterocycles. The van der Waals surface area contributed by atoms with E-state index < -0.39 is 0 Å². The second-order valence-corrected chi connectivity index (χ2v) is 8.04. The van der Waals surface area contributed by atoms with Crippen LogP contribution in [-0.2, 0) is 4.74 Å². The van der Waals surface area contributed by atoms with Crippen LogP contribution in [0.1, 0.15) is 25.7 Å². The van der Waals surface area contributed by atoms with Crippen molar-refractivity contribution in [2.24, 2.45) is 0 Å². The van der Waals surface area contributed by atoms with Crippen molar-refractivity contribution in [3.8, 4) is 0 Å². The molecule has 4 rings (SSSR count). The van der Waals surface area contributed by atoms with Gasteiger partial charge in [-0.2, -0.15) is 4.98 Å². The number of halogens is 1. The Balaban J connectivity index is 1.46. The van der Waals surface area contributed by atoms with E-state index in [1.807, 2.05) is 6.20 Å². The number of hydrogen-bond donors (Lipinski definition) is 1. The zero-order valence-corrected chi connectivity index (χ0v) is 17.3. The molecule has 2 aliphatic rings. The summed E-state index contributed by atoms with van der Waals surface area (Å²) in [6.45, 7) is 3.48. The van der Waals surface area contributed by atoms with E-state index in [2.05, 4.69) is 67.3 Å². The summed E-state index contributed by atoms with van der Waals surface area (Å²) < 4.78 is 6.36. The molecule has 1 aromatic carbocycles. The van der Waals surface area contributed by atoms with Gasteiger partial charge < -0.3 is 19.9 Å². The molecule has 2 aromatic rings. The first-order chi connectivity index (χ1) is 13.2. The van der Waals surface area contributed by atoms with E-state index >= 15 is 0 Å².